The van der Waals surface area contributed by atoms with Crippen LogP contribution in [0.3, 0.4) is 0 Å². The van der Waals surface area contributed by atoms with E-state index in [4.69, 9.17) is 9.47 Å². The van der Waals surface area contributed by atoms with Gasteiger partial charge in [0.2, 0.25) is 0 Å². The molecule has 0 bridgehead atoms. The van der Waals surface area contributed by atoms with Gasteiger partial charge in [-0.25, -0.2) is 9.59 Å². The zero-order valence-electron chi connectivity index (χ0n) is 20.2. The summed E-state index contributed by atoms with van der Waals surface area (Å²) < 4.78 is 76.8. The Morgan fingerprint density at radius 3 is 2.21 bits per heavy atom. The molecule has 15 heteroatoms. The summed E-state index contributed by atoms with van der Waals surface area (Å²) >= 11 is 0. The largest absolute Gasteiger partial charge is 0.450 e. The number of carbonyl (C=O) groups is 2. The molecule has 0 heterocycles. The predicted octanol–water partition coefficient (Wildman–Crippen LogP) is 8.16. The Balaban J connectivity index is 2.01. The van der Waals surface area contributed by atoms with Crippen LogP contribution >= 0.6 is 10.2 Å². The van der Waals surface area contributed by atoms with Gasteiger partial charge >= 0.3 is 22.4 Å². The number of hydrogen-bond acceptors (Lipinski definition) is 6. The van der Waals surface area contributed by atoms with Crippen molar-refractivity contribution in [2.45, 2.75) is 25.0 Å². The van der Waals surface area contributed by atoms with Gasteiger partial charge in [-0.2, -0.15) is 0 Å². The zero-order valence-corrected chi connectivity index (χ0v) is 21.0. The number of hydrogen-bond donors (Lipinski definition) is 1. The molecule has 0 aromatic heterocycles. The first-order valence-corrected chi connectivity index (χ1v) is 13.1. The van der Waals surface area contributed by atoms with Crippen molar-refractivity contribution >= 4 is 39.5 Å². The number of carbonyl (C=O) groups excluding carboxylic acids is 2. The van der Waals surface area contributed by atoms with Gasteiger partial charge in [-0.15, -0.1) is 0 Å². The van der Waals surface area contributed by atoms with Crippen molar-refractivity contribution in [2.75, 3.05) is 16.8 Å². The number of nitro benzene ring substituents is 1. The normalized spacial score (nSPS) is 13.0. The first kappa shape index (κ1) is 29.2. The SMILES string of the molecule is CCOC(=O)Nc1ccc(N(Cc2cccc(S(F)(F)(F)(F)F)c2)C(=O)OCc2ccccc2)cc1[N+](=O)[O-]. The number of amides is 2. The van der Waals surface area contributed by atoms with Crippen LogP contribution in [-0.2, 0) is 22.6 Å². The molecule has 3 aromatic carbocycles. The lowest BCUT2D eigenvalue weighted by atomic mass is 10.2. The van der Waals surface area contributed by atoms with Crippen molar-refractivity contribution in [3.05, 3.63) is 94.0 Å². The number of halogens is 5. The number of benzene rings is 3. The molecule has 1 N–H and O–H groups in total. The number of ether oxygens (including phenoxy) is 2. The molecule has 0 aliphatic heterocycles. The van der Waals surface area contributed by atoms with Gasteiger partial charge < -0.3 is 9.47 Å². The second kappa shape index (κ2) is 10.4. The van der Waals surface area contributed by atoms with Gasteiger partial charge in [-0.05, 0) is 42.3 Å². The fourth-order valence-corrected chi connectivity index (χ4v) is 4.06. The van der Waals surface area contributed by atoms with E-state index in [2.05, 4.69) is 5.32 Å². The number of nitro groups is 1. The van der Waals surface area contributed by atoms with E-state index in [1.165, 1.54) is 6.92 Å². The highest BCUT2D eigenvalue weighted by atomic mass is 32.5. The van der Waals surface area contributed by atoms with Crippen molar-refractivity contribution in [1.29, 1.82) is 0 Å². The molecule has 0 aliphatic rings. The summed E-state index contributed by atoms with van der Waals surface area (Å²) in [5, 5.41) is 13.8. The van der Waals surface area contributed by atoms with E-state index in [1.54, 1.807) is 30.3 Å². The van der Waals surface area contributed by atoms with Crippen LogP contribution in [0.5, 0.6) is 0 Å². The molecule has 0 unspecified atom stereocenters. The Labute approximate surface area is 219 Å². The molecular formula is C24H22F5N3O6S. The molecule has 210 valence electrons. The van der Waals surface area contributed by atoms with Crippen LogP contribution in [0.25, 0.3) is 0 Å². The van der Waals surface area contributed by atoms with Crippen LogP contribution < -0.4 is 10.2 Å². The molecule has 3 aromatic rings. The fraction of sp³-hybridized carbons (Fsp3) is 0.167. The maximum atomic E-state index is 13.4. The molecule has 0 saturated carbocycles. The summed E-state index contributed by atoms with van der Waals surface area (Å²) in [6.45, 7) is 0.529. The first-order valence-electron chi connectivity index (χ1n) is 11.1. The van der Waals surface area contributed by atoms with E-state index in [1.807, 2.05) is 0 Å². The van der Waals surface area contributed by atoms with Crippen molar-refractivity contribution in [3.8, 4) is 0 Å². The highest BCUT2D eigenvalue weighted by molar-refractivity contribution is 8.45. The van der Waals surface area contributed by atoms with Gasteiger partial charge in [-0.1, -0.05) is 61.9 Å². The lowest BCUT2D eigenvalue weighted by Gasteiger charge is -2.40. The third kappa shape index (κ3) is 8.04. The van der Waals surface area contributed by atoms with Crippen LogP contribution in [0.2, 0.25) is 0 Å². The van der Waals surface area contributed by atoms with Crippen LogP contribution in [0, 0.1) is 10.1 Å². The van der Waals surface area contributed by atoms with Crippen molar-refractivity contribution in [2.24, 2.45) is 0 Å². The molecule has 0 saturated heterocycles. The minimum atomic E-state index is -10.0. The van der Waals surface area contributed by atoms with E-state index in [9.17, 15) is 39.1 Å². The third-order valence-electron chi connectivity index (χ3n) is 5.11. The molecule has 0 aliphatic carbocycles. The van der Waals surface area contributed by atoms with E-state index in [0.717, 1.165) is 35.2 Å². The topological polar surface area (TPSA) is 111 Å². The van der Waals surface area contributed by atoms with Gasteiger partial charge in [-0.3, -0.25) is 20.3 Å². The summed E-state index contributed by atoms with van der Waals surface area (Å²) in [7, 11) is -10.0. The van der Waals surface area contributed by atoms with Gasteiger partial charge in [0.25, 0.3) is 5.69 Å². The minimum absolute atomic E-state index is 0.0171. The number of anilines is 2. The highest BCUT2D eigenvalue weighted by Gasteiger charge is 2.65. The lowest BCUT2D eigenvalue weighted by Crippen LogP contribution is -2.31. The minimum Gasteiger partial charge on any atom is -0.450 e. The smallest absolute Gasteiger partial charge is 0.414 e. The van der Waals surface area contributed by atoms with Gasteiger partial charge in [0, 0.05) is 6.07 Å². The first-order chi connectivity index (χ1) is 18.1. The maximum Gasteiger partial charge on any atom is 0.414 e. The molecule has 0 radical (unpaired) electrons. The molecule has 9 nitrogen and oxygen atoms in total. The molecule has 3 rings (SSSR count). The number of rotatable bonds is 9. The molecular weight excluding hydrogens is 553 g/mol. The van der Waals surface area contributed by atoms with E-state index in [-0.39, 0.29) is 42.3 Å². The standard InChI is InChI=1S/C24H22F5N3O6S/c1-2-37-23(33)30-21-12-11-19(14-22(21)32(35)36)31(24(34)38-16-17-7-4-3-5-8-17)15-18-9-6-10-20(13-18)39(25,26,27,28)29/h3-14H,2,15-16H2,1H3,(H,30,33). The fourth-order valence-electron chi connectivity index (χ4n) is 3.35. The van der Waals surface area contributed by atoms with Gasteiger partial charge in [0.05, 0.1) is 23.8 Å². The third-order valence-corrected chi connectivity index (χ3v) is 6.26. The van der Waals surface area contributed by atoms with Crippen molar-refractivity contribution in [1.82, 2.24) is 0 Å². The molecule has 2 amide bonds. The molecule has 0 fully saturated rings. The van der Waals surface area contributed by atoms with Crippen molar-refractivity contribution < 1.29 is 43.4 Å². The lowest BCUT2D eigenvalue weighted by molar-refractivity contribution is -0.383. The quantitative estimate of drug-likeness (QED) is 0.157. The summed E-state index contributed by atoms with van der Waals surface area (Å²) in [6, 6.07) is 13.7. The van der Waals surface area contributed by atoms with Crippen LogP contribution in [0.4, 0.5) is 46.1 Å². The Hall–Kier alpha value is -4.40. The van der Waals surface area contributed by atoms with E-state index < -0.39 is 44.5 Å². The maximum absolute atomic E-state index is 13.4. The highest BCUT2D eigenvalue weighted by Crippen LogP contribution is 3.02. The van der Waals surface area contributed by atoms with Gasteiger partial charge in [0.15, 0.2) is 0 Å². The average Bonchev–Trinajstić information content (AvgIpc) is 2.85. The van der Waals surface area contributed by atoms with E-state index >= 15 is 0 Å². The average molecular weight is 576 g/mol. The van der Waals surface area contributed by atoms with Gasteiger partial charge in [0.1, 0.15) is 17.2 Å². The summed E-state index contributed by atoms with van der Waals surface area (Å²) in [5.74, 6) is 0. The molecule has 39 heavy (non-hydrogen) atoms. The number of nitrogens with one attached hydrogen (secondary N) is 1. The second-order valence-electron chi connectivity index (χ2n) is 8.05. The Kier molecular flexibility index (Phi) is 7.78. The summed E-state index contributed by atoms with van der Waals surface area (Å²) in [5.41, 5.74) is -0.973. The van der Waals surface area contributed by atoms with Crippen LogP contribution in [-0.4, -0.2) is 23.7 Å². The van der Waals surface area contributed by atoms with Crippen LogP contribution in [0.15, 0.2) is 77.7 Å². The van der Waals surface area contributed by atoms with E-state index in [0.29, 0.717) is 5.56 Å². The number of nitrogens with zero attached hydrogens (tertiary/aromatic N) is 2. The molecule has 0 atom stereocenters. The monoisotopic (exact) mass is 575 g/mol. The summed E-state index contributed by atoms with van der Waals surface area (Å²) in [6.07, 6.45) is -2.11. The predicted molar refractivity (Wildman–Crippen MR) is 134 cm³/mol. The second-order valence-corrected chi connectivity index (χ2v) is 10.5. The Morgan fingerprint density at radius 2 is 1.59 bits per heavy atom. The zero-order chi connectivity index (χ0) is 28.9. The van der Waals surface area contributed by atoms with Crippen LogP contribution in [0.1, 0.15) is 18.1 Å². The Bertz CT molecular complexity index is 1390. The molecule has 0 spiro atoms. The summed E-state index contributed by atoms with van der Waals surface area (Å²) in [4.78, 5) is 34.2. The van der Waals surface area contributed by atoms with Crippen molar-refractivity contribution in [3.63, 3.8) is 0 Å². The Morgan fingerprint density at radius 1 is 0.923 bits per heavy atom.